The summed E-state index contributed by atoms with van der Waals surface area (Å²) in [5, 5.41) is 9.06. The number of amides is 2. The first-order chi connectivity index (χ1) is 15.8. The third-order valence-corrected chi connectivity index (χ3v) is 7.69. The molecule has 9 heteroatoms. The summed E-state index contributed by atoms with van der Waals surface area (Å²) in [6.07, 6.45) is -2.74. The van der Waals surface area contributed by atoms with Gasteiger partial charge < -0.3 is 14.7 Å². The van der Waals surface area contributed by atoms with Gasteiger partial charge in [-0.25, -0.2) is 0 Å². The van der Waals surface area contributed by atoms with Gasteiger partial charge in [0.2, 0.25) is 11.8 Å². The Balaban J connectivity index is 1.85. The third-order valence-electron chi connectivity index (χ3n) is 7.69. The predicted octanol–water partition coefficient (Wildman–Crippen LogP) is 4.15. The van der Waals surface area contributed by atoms with Gasteiger partial charge in [0.1, 0.15) is 0 Å². The van der Waals surface area contributed by atoms with Crippen LogP contribution in [0.2, 0.25) is 0 Å². The van der Waals surface area contributed by atoms with Gasteiger partial charge in [-0.2, -0.15) is 18.4 Å². The van der Waals surface area contributed by atoms with Crippen molar-refractivity contribution >= 4 is 17.5 Å². The van der Waals surface area contributed by atoms with Crippen LogP contribution in [0.3, 0.4) is 0 Å². The molecule has 1 aromatic carbocycles. The number of rotatable bonds is 4. The Bertz CT molecular complexity index is 989. The van der Waals surface area contributed by atoms with Crippen LogP contribution in [-0.4, -0.2) is 61.9 Å². The normalized spacial score (nSPS) is 20.4. The molecule has 1 spiro atoms. The lowest BCUT2D eigenvalue weighted by atomic mass is 9.70. The molecule has 0 radical (unpaired) electrons. The largest absolute Gasteiger partial charge is 0.417 e. The van der Waals surface area contributed by atoms with Crippen LogP contribution in [0.15, 0.2) is 18.2 Å². The summed E-state index contributed by atoms with van der Waals surface area (Å²) in [7, 11) is 3.42. The lowest BCUT2D eigenvalue weighted by Gasteiger charge is -2.43. The van der Waals surface area contributed by atoms with Gasteiger partial charge in [-0.15, -0.1) is 0 Å². The molecule has 1 unspecified atom stereocenters. The summed E-state index contributed by atoms with van der Waals surface area (Å²) in [6.45, 7) is 7.59. The van der Waals surface area contributed by atoms with Crippen molar-refractivity contribution < 1.29 is 22.8 Å². The van der Waals surface area contributed by atoms with E-state index in [1.807, 2.05) is 30.6 Å². The van der Waals surface area contributed by atoms with Crippen molar-refractivity contribution in [2.24, 2.45) is 16.7 Å². The van der Waals surface area contributed by atoms with Gasteiger partial charge in [-0.3, -0.25) is 9.59 Å². The van der Waals surface area contributed by atoms with Crippen molar-refractivity contribution in [1.29, 1.82) is 5.26 Å². The first kappa shape index (κ1) is 25.9. The van der Waals surface area contributed by atoms with E-state index in [4.69, 9.17) is 5.26 Å². The molecule has 34 heavy (non-hydrogen) atoms. The fraction of sp³-hybridized carbons (Fsp3) is 0.640. The minimum atomic E-state index is -4.61. The molecule has 3 rings (SSSR count). The number of carbonyl (C=O) groups is 2. The quantitative estimate of drug-likeness (QED) is 0.652. The molecule has 2 aliphatic heterocycles. The van der Waals surface area contributed by atoms with E-state index in [1.54, 1.807) is 31.1 Å². The predicted molar refractivity (Wildman–Crippen MR) is 123 cm³/mol. The monoisotopic (exact) mass is 478 g/mol. The molecule has 6 nitrogen and oxygen atoms in total. The van der Waals surface area contributed by atoms with Crippen LogP contribution in [0.5, 0.6) is 0 Å². The second kappa shape index (κ2) is 9.12. The Morgan fingerprint density at radius 3 is 2.32 bits per heavy atom. The smallest absolute Gasteiger partial charge is 0.371 e. The van der Waals surface area contributed by atoms with Crippen molar-refractivity contribution in [2.75, 3.05) is 45.2 Å². The molecule has 0 N–H and O–H groups in total. The van der Waals surface area contributed by atoms with E-state index in [2.05, 4.69) is 0 Å². The number of anilines is 1. The minimum Gasteiger partial charge on any atom is -0.371 e. The summed E-state index contributed by atoms with van der Waals surface area (Å²) in [6, 6.07) is 5.41. The molecule has 0 bridgehead atoms. The number of likely N-dealkylation sites (tertiary alicyclic amines) is 1. The number of nitrogens with zero attached hydrogens (tertiary/aromatic N) is 4. The van der Waals surface area contributed by atoms with Crippen molar-refractivity contribution in [3.05, 3.63) is 29.3 Å². The van der Waals surface area contributed by atoms with E-state index in [9.17, 15) is 22.8 Å². The molecular weight excluding hydrogens is 445 g/mol. The fourth-order valence-corrected chi connectivity index (χ4v) is 5.13. The SMILES string of the molecule is CCC(C)(C)C(=O)N1CC(C(=O)N(C)C)C2(CCN(c3ccc(C#N)c(C(F)(F)F)c3)CC2)C1. The van der Waals surface area contributed by atoms with Gasteiger partial charge in [0, 0.05) is 56.8 Å². The number of carbonyl (C=O) groups excluding carboxylic acids is 2. The number of nitriles is 1. The number of benzene rings is 1. The first-order valence-electron chi connectivity index (χ1n) is 11.6. The van der Waals surface area contributed by atoms with E-state index in [0.29, 0.717) is 51.1 Å². The van der Waals surface area contributed by atoms with Crippen LogP contribution in [-0.2, 0) is 15.8 Å². The second-order valence-corrected chi connectivity index (χ2v) is 10.4. The second-order valence-electron chi connectivity index (χ2n) is 10.4. The highest BCUT2D eigenvalue weighted by Crippen LogP contribution is 2.47. The Morgan fingerprint density at radius 1 is 1.21 bits per heavy atom. The average molecular weight is 479 g/mol. The van der Waals surface area contributed by atoms with Crippen LogP contribution in [0.25, 0.3) is 0 Å². The van der Waals surface area contributed by atoms with Crippen molar-refractivity contribution in [1.82, 2.24) is 9.80 Å². The lowest BCUT2D eigenvalue weighted by Crippen LogP contribution is -2.48. The maximum atomic E-state index is 13.4. The Morgan fingerprint density at radius 2 is 1.82 bits per heavy atom. The standard InChI is InChI=1S/C25H33F3N4O2/c1-6-23(2,3)22(34)32-15-20(21(33)30(4)5)24(16-32)9-11-31(12-10-24)18-8-7-17(14-29)19(13-18)25(26,27)28/h7-8,13,20H,6,9-12,15-16H2,1-5H3. The molecule has 2 fully saturated rings. The van der Waals surface area contributed by atoms with E-state index < -0.39 is 28.1 Å². The van der Waals surface area contributed by atoms with Crippen molar-refractivity contribution in [3.63, 3.8) is 0 Å². The number of alkyl halides is 3. The number of piperidine rings is 1. The van der Waals surface area contributed by atoms with E-state index >= 15 is 0 Å². The van der Waals surface area contributed by atoms with Crippen LogP contribution in [0.4, 0.5) is 18.9 Å². The van der Waals surface area contributed by atoms with Gasteiger partial charge in [0.15, 0.2) is 0 Å². The van der Waals surface area contributed by atoms with Crippen LogP contribution in [0.1, 0.15) is 51.2 Å². The molecule has 1 aromatic rings. The summed E-state index contributed by atoms with van der Waals surface area (Å²) < 4.78 is 40.3. The van der Waals surface area contributed by atoms with Crippen LogP contribution < -0.4 is 4.90 Å². The molecule has 186 valence electrons. The molecule has 2 amide bonds. The molecule has 0 saturated carbocycles. The van der Waals surface area contributed by atoms with E-state index in [1.165, 1.54) is 6.07 Å². The van der Waals surface area contributed by atoms with Crippen molar-refractivity contribution in [3.8, 4) is 6.07 Å². The summed E-state index contributed by atoms with van der Waals surface area (Å²) in [4.78, 5) is 31.6. The highest BCUT2D eigenvalue weighted by molar-refractivity contribution is 5.85. The fourth-order valence-electron chi connectivity index (χ4n) is 5.13. The Labute approximate surface area is 199 Å². The summed E-state index contributed by atoms with van der Waals surface area (Å²) in [5.41, 5.74) is -1.85. The summed E-state index contributed by atoms with van der Waals surface area (Å²) in [5.74, 6) is -0.323. The maximum Gasteiger partial charge on any atom is 0.417 e. The van der Waals surface area contributed by atoms with Gasteiger partial charge >= 0.3 is 6.18 Å². The third kappa shape index (κ3) is 4.73. The highest BCUT2D eigenvalue weighted by atomic mass is 19.4. The van der Waals surface area contributed by atoms with Gasteiger partial charge in [-0.05, 0) is 37.5 Å². The molecule has 2 heterocycles. The van der Waals surface area contributed by atoms with Crippen LogP contribution in [0, 0.1) is 28.1 Å². The van der Waals surface area contributed by atoms with Gasteiger partial charge in [0.25, 0.3) is 0 Å². The maximum absolute atomic E-state index is 13.4. The van der Waals surface area contributed by atoms with Crippen LogP contribution >= 0.6 is 0 Å². The first-order valence-corrected chi connectivity index (χ1v) is 11.6. The number of hydrogen-bond donors (Lipinski definition) is 0. The average Bonchev–Trinajstić information content (AvgIpc) is 3.15. The Kier molecular flexibility index (Phi) is 6.94. The number of halogens is 3. The van der Waals surface area contributed by atoms with Gasteiger partial charge in [0.05, 0.1) is 23.1 Å². The lowest BCUT2D eigenvalue weighted by molar-refractivity contribution is -0.140. The number of hydrogen-bond acceptors (Lipinski definition) is 4. The zero-order valence-electron chi connectivity index (χ0n) is 20.5. The zero-order chi connectivity index (χ0) is 25.5. The zero-order valence-corrected chi connectivity index (χ0v) is 20.5. The summed E-state index contributed by atoms with van der Waals surface area (Å²) >= 11 is 0. The topological polar surface area (TPSA) is 67.7 Å². The molecular formula is C25H33F3N4O2. The minimum absolute atomic E-state index is 0.0178. The van der Waals surface area contributed by atoms with Gasteiger partial charge in [-0.1, -0.05) is 20.8 Å². The van der Waals surface area contributed by atoms with E-state index in [-0.39, 0.29) is 17.7 Å². The van der Waals surface area contributed by atoms with Crippen molar-refractivity contribution in [2.45, 2.75) is 46.2 Å². The molecule has 0 aliphatic carbocycles. The highest BCUT2D eigenvalue weighted by Gasteiger charge is 2.53. The molecule has 2 aliphatic rings. The molecule has 0 aromatic heterocycles. The molecule has 2 saturated heterocycles. The molecule has 1 atom stereocenters. The Hall–Kier alpha value is -2.76. The van der Waals surface area contributed by atoms with E-state index in [0.717, 1.165) is 6.07 Å².